The molecule has 0 unspecified atom stereocenters. The molecule has 23 heavy (non-hydrogen) atoms. The highest BCUT2D eigenvalue weighted by molar-refractivity contribution is 14.0. The summed E-state index contributed by atoms with van der Waals surface area (Å²) in [5, 5.41) is 6.32. The van der Waals surface area contributed by atoms with Gasteiger partial charge in [-0.05, 0) is 12.8 Å². The molecule has 138 valence electrons. The molecule has 0 radical (unpaired) electrons. The maximum Gasteiger partial charge on any atom is 0.243 e. The van der Waals surface area contributed by atoms with Crippen LogP contribution >= 0.6 is 24.0 Å². The highest BCUT2D eigenvalue weighted by Gasteiger charge is 2.04. The minimum absolute atomic E-state index is 0. The lowest BCUT2D eigenvalue weighted by atomic mass is 10.4. The molecule has 8 heteroatoms. The Morgan fingerprint density at radius 2 is 1.74 bits per heavy atom. The summed E-state index contributed by atoms with van der Waals surface area (Å²) in [6.07, 6.45) is 3.15. The van der Waals surface area contributed by atoms with Gasteiger partial charge in [0.05, 0.1) is 6.61 Å². The lowest BCUT2D eigenvalue weighted by Crippen LogP contribution is -2.40. The van der Waals surface area contributed by atoms with Crippen molar-refractivity contribution < 1.29 is 14.3 Å². The topological polar surface area (TPSA) is 75.2 Å². The standard InChI is InChI=1S/C15H32N4O3.HI/c1-5-6-10-22-11-7-8-16-15(17-9-12-21-4)18-13-14(20)19(2)3;/h5-13H2,1-4H3,(H2,16,17,18);1H. The fourth-order valence-corrected chi connectivity index (χ4v) is 1.46. The third kappa shape index (κ3) is 16.0. The molecule has 0 rings (SSSR count). The third-order valence-electron chi connectivity index (χ3n) is 2.87. The number of likely N-dealkylation sites (N-methyl/N-ethyl adjacent to an activating group) is 1. The van der Waals surface area contributed by atoms with Crippen LogP contribution in [0.25, 0.3) is 0 Å². The normalized spacial score (nSPS) is 10.9. The van der Waals surface area contributed by atoms with Gasteiger partial charge in [0.2, 0.25) is 5.91 Å². The second-order valence-electron chi connectivity index (χ2n) is 5.12. The summed E-state index contributed by atoms with van der Waals surface area (Å²) in [5.41, 5.74) is 0. The number of methoxy groups -OCH3 is 1. The Bertz CT molecular complexity index is 315. The molecule has 0 spiro atoms. The van der Waals surface area contributed by atoms with Crippen LogP contribution in [0.2, 0.25) is 0 Å². The largest absolute Gasteiger partial charge is 0.383 e. The van der Waals surface area contributed by atoms with Crippen molar-refractivity contribution in [3.8, 4) is 0 Å². The average molecular weight is 444 g/mol. The Balaban J connectivity index is 0. The van der Waals surface area contributed by atoms with Crippen LogP contribution in [0.15, 0.2) is 4.99 Å². The lowest BCUT2D eigenvalue weighted by Gasteiger charge is -2.13. The zero-order valence-electron chi connectivity index (χ0n) is 14.9. The van der Waals surface area contributed by atoms with Gasteiger partial charge in [-0.1, -0.05) is 13.3 Å². The molecule has 0 aliphatic carbocycles. The van der Waals surface area contributed by atoms with Gasteiger partial charge in [0.15, 0.2) is 5.96 Å². The van der Waals surface area contributed by atoms with E-state index in [9.17, 15) is 4.79 Å². The minimum atomic E-state index is -0.0317. The number of rotatable bonds is 12. The van der Waals surface area contributed by atoms with E-state index in [2.05, 4.69) is 22.5 Å². The van der Waals surface area contributed by atoms with E-state index in [-0.39, 0.29) is 36.4 Å². The van der Waals surface area contributed by atoms with Gasteiger partial charge in [-0.25, -0.2) is 4.99 Å². The summed E-state index contributed by atoms with van der Waals surface area (Å²) in [6, 6.07) is 0. The van der Waals surface area contributed by atoms with Crippen molar-refractivity contribution >= 4 is 35.8 Å². The molecule has 0 aliphatic heterocycles. The van der Waals surface area contributed by atoms with Gasteiger partial charge in [-0.3, -0.25) is 4.79 Å². The number of ether oxygens (including phenoxy) is 2. The number of unbranched alkanes of at least 4 members (excludes halogenated alkanes) is 1. The monoisotopic (exact) mass is 444 g/mol. The van der Waals surface area contributed by atoms with Crippen molar-refractivity contribution in [2.75, 3.05) is 60.7 Å². The first-order valence-electron chi connectivity index (χ1n) is 7.90. The van der Waals surface area contributed by atoms with Gasteiger partial charge < -0.3 is 25.0 Å². The second-order valence-corrected chi connectivity index (χ2v) is 5.12. The molecule has 2 N–H and O–H groups in total. The van der Waals surface area contributed by atoms with Gasteiger partial charge in [0.1, 0.15) is 6.54 Å². The molecule has 0 aromatic heterocycles. The summed E-state index contributed by atoms with van der Waals surface area (Å²) in [7, 11) is 5.09. The number of nitrogens with zero attached hydrogens (tertiary/aromatic N) is 2. The predicted octanol–water partition coefficient (Wildman–Crippen LogP) is 1.08. The van der Waals surface area contributed by atoms with Crippen molar-refractivity contribution in [2.45, 2.75) is 26.2 Å². The maximum atomic E-state index is 11.6. The van der Waals surface area contributed by atoms with Gasteiger partial charge in [0, 0.05) is 47.5 Å². The van der Waals surface area contributed by atoms with E-state index in [0.29, 0.717) is 19.1 Å². The Labute approximate surface area is 157 Å². The van der Waals surface area contributed by atoms with Crippen LogP contribution in [0.1, 0.15) is 26.2 Å². The molecule has 0 aromatic rings. The third-order valence-corrected chi connectivity index (χ3v) is 2.87. The Hall–Kier alpha value is -0.610. The Morgan fingerprint density at radius 3 is 2.35 bits per heavy atom. The van der Waals surface area contributed by atoms with Crippen molar-refractivity contribution in [1.82, 2.24) is 15.5 Å². The maximum absolute atomic E-state index is 11.6. The van der Waals surface area contributed by atoms with E-state index >= 15 is 0 Å². The molecule has 0 saturated heterocycles. The summed E-state index contributed by atoms with van der Waals surface area (Å²) < 4.78 is 10.5. The van der Waals surface area contributed by atoms with E-state index in [1.165, 1.54) is 4.90 Å². The van der Waals surface area contributed by atoms with Crippen LogP contribution < -0.4 is 10.6 Å². The first-order chi connectivity index (χ1) is 10.6. The number of amides is 1. The van der Waals surface area contributed by atoms with Crippen LogP contribution in [-0.2, 0) is 14.3 Å². The van der Waals surface area contributed by atoms with Crippen LogP contribution in [0.4, 0.5) is 0 Å². The number of hydrogen-bond donors (Lipinski definition) is 2. The van der Waals surface area contributed by atoms with Crippen LogP contribution in [0, 0.1) is 0 Å². The number of carbonyl (C=O) groups is 1. The number of hydrogen-bond acceptors (Lipinski definition) is 4. The van der Waals surface area contributed by atoms with E-state index in [4.69, 9.17) is 9.47 Å². The molecule has 0 aromatic carbocycles. The second kappa shape index (κ2) is 17.7. The first kappa shape index (κ1) is 24.6. The SMILES string of the molecule is CCCCOCCCNC(=NCC(=O)N(C)C)NCCOC.I. The number of carbonyl (C=O) groups excluding carboxylic acids is 1. The summed E-state index contributed by atoms with van der Waals surface area (Å²) >= 11 is 0. The van der Waals surface area contributed by atoms with Crippen LogP contribution in [0.3, 0.4) is 0 Å². The lowest BCUT2D eigenvalue weighted by molar-refractivity contribution is -0.127. The van der Waals surface area contributed by atoms with E-state index in [0.717, 1.165) is 39.0 Å². The number of halogens is 1. The zero-order valence-corrected chi connectivity index (χ0v) is 17.2. The van der Waals surface area contributed by atoms with Crippen molar-refractivity contribution in [2.24, 2.45) is 4.99 Å². The average Bonchev–Trinajstić information content (AvgIpc) is 2.50. The Morgan fingerprint density at radius 1 is 1.09 bits per heavy atom. The molecule has 0 heterocycles. The van der Waals surface area contributed by atoms with Crippen molar-refractivity contribution in [3.05, 3.63) is 0 Å². The highest BCUT2D eigenvalue weighted by Crippen LogP contribution is 1.89. The minimum Gasteiger partial charge on any atom is -0.383 e. The van der Waals surface area contributed by atoms with Crippen molar-refractivity contribution in [1.29, 1.82) is 0 Å². The highest BCUT2D eigenvalue weighted by atomic mass is 127. The van der Waals surface area contributed by atoms with E-state index < -0.39 is 0 Å². The summed E-state index contributed by atoms with van der Waals surface area (Å²) in [5.74, 6) is 0.594. The number of nitrogens with one attached hydrogen (secondary N) is 2. The molecule has 0 aliphatic rings. The molecule has 1 amide bonds. The molecule has 0 bridgehead atoms. The number of aliphatic imine (C=N–C) groups is 1. The van der Waals surface area contributed by atoms with Gasteiger partial charge in [0.25, 0.3) is 0 Å². The first-order valence-corrected chi connectivity index (χ1v) is 7.90. The van der Waals surface area contributed by atoms with Gasteiger partial charge >= 0.3 is 0 Å². The van der Waals surface area contributed by atoms with Gasteiger partial charge in [-0.15, -0.1) is 24.0 Å². The van der Waals surface area contributed by atoms with E-state index in [1.54, 1.807) is 21.2 Å². The van der Waals surface area contributed by atoms with Crippen LogP contribution in [-0.4, -0.2) is 77.4 Å². The Kier molecular flexibility index (Phi) is 19.0. The van der Waals surface area contributed by atoms with E-state index in [1.807, 2.05) is 0 Å². The number of guanidine groups is 1. The smallest absolute Gasteiger partial charge is 0.243 e. The quantitative estimate of drug-likeness (QED) is 0.204. The summed E-state index contributed by atoms with van der Waals surface area (Å²) in [4.78, 5) is 17.4. The predicted molar refractivity (Wildman–Crippen MR) is 105 cm³/mol. The molecule has 7 nitrogen and oxygen atoms in total. The zero-order chi connectivity index (χ0) is 16.6. The molecular formula is C15H33IN4O3. The van der Waals surface area contributed by atoms with Crippen LogP contribution in [0.5, 0.6) is 0 Å². The van der Waals surface area contributed by atoms with Gasteiger partial charge in [-0.2, -0.15) is 0 Å². The fraction of sp³-hybridized carbons (Fsp3) is 0.867. The fourth-order valence-electron chi connectivity index (χ4n) is 1.46. The molecular weight excluding hydrogens is 411 g/mol. The molecule has 0 fully saturated rings. The van der Waals surface area contributed by atoms with Crippen molar-refractivity contribution in [3.63, 3.8) is 0 Å². The molecule has 0 saturated carbocycles. The summed E-state index contributed by atoms with van der Waals surface area (Å²) in [6.45, 7) is 5.81. The molecule has 0 atom stereocenters.